The van der Waals surface area contributed by atoms with Gasteiger partial charge in [0.1, 0.15) is 0 Å². The number of nitrogens with one attached hydrogen (secondary N) is 2. The molecule has 8 bridgehead atoms. The van der Waals surface area contributed by atoms with E-state index in [0.717, 1.165) is 73.3 Å². The second kappa shape index (κ2) is 10.9. The number of hydrogen-bond donors (Lipinski definition) is 2. The lowest BCUT2D eigenvalue weighted by atomic mass is 9.86. The SMILES string of the molecule is CCOC(=O)c1c(CC)c2cc3nc(cc4[nH]c(cc5nc(c(Br)c1[nH]2)CC5(C)C)c(CC)c4C1OC(C)O1)CC3(C)C. The molecule has 0 saturated carbocycles. The van der Waals surface area contributed by atoms with Gasteiger partial charge >= 0.3 is 5.97 Å². The van der Waals surface area contributed by atoms with Crippen LogP contribution in [-0.2, 0) is 50.7 Å². The number of aromatic amines is 2. The normalized spacial score (nSPS) is 20.6. The van der Waals surface area contributed by atoms with Gasteiger partial charge in [0.05, 0.1) is 27.9 Å². The number of carbonyl (C=O) groups excluding carboxylic acids is 1. The van der Waals surface area contributed by atoms with Gasteiger partial charge in [0.2, 0.25) is 0 Å². The zero-order valence-electron chi connectivity index (χ0n) is 26.3. The van der Waals surface area contributed by atoms with E-state index in [4.69, 9.17) is 24.2 Å². The molecule has 3 aliphatic heterocycles. The van der Waals surface area contributed by atoms with E-state index in [2.05, 4.69) is 85.6 Å². The molecule has 43 heavy (non-hydrogen) atoms. The topological polar surface area (TPSA) is 102 Å². The molecule has 6 heterocycles. The minimum atomic E-state index is -0.421. The van der Waals surface area contributed by atoms with Crippen molar-refractivity contribution in [1.29, 1.82) is 0 Å². The molecule has 3 aromatic rings. The predicted molar refractivity (Wildman–Crippen MR) is 171 cm³/mol. The summed E-state index contributed by atoms with van der Waals surface area (Å²) in [7, 11) is 0. The Hall–Kier alpha value is -3.01. The largest absolute Gasteiger partial charge is 0.462 e. The van der Waals surface area contributed by atoms with Crippen molar-refractivity contribution in [3.63, 3.8) is 0 Å². The molecule has 0 atom stereocenters. The van der Waals surface area contributed by atoms with E-state index in [1.807, 2.05) is 13.8 Å². The first-order valence-electron chi connectivity index (χ1n) is 15.3. The molecule has 228 valence electrons. The van der Waals surface area contributed by atoms with Crippen LogP contribution in [0.25, 0.3) is 22.1 Å². The predicted octanol–water partition coefficient (Wildman–Crippen LogP) is 7.81. The van der Waals surface area contributed by atoms with E-state index in [9.17, 15) is 4.79 Å². The monoisotopic (exact) mass is 648 g/mol. The average Bonchev–Trinajstić information content (AvgIpc) is 3.62. The number of aromatic nitrogens is 4. The number of halogens is 1. The summed E-state index contributed by atoms with van der Waals surface area (Å²) in [5.41, 5.74) is 10.5. The lowest BCUT2D eigenvalue weighted by Crippen LogP contribution is -2.32. The van der Waals surface area contributed by atoms with Gasteiger partial charge in [0.25, 0.3) is 0 Å². The van der Waals surface area contributed by atoms with Gasteiger partial charge in [-0.2, -0.15) is 0 Å². The Morgan fingerprint density at radius 3 is 2.19 bits per heavy atom. The number of carbonyl (C=O) groups is 1. The lowest BCUT2D eigenvalue weighted by Gasteiger charge is -2.34. The number of nitrogens with zero attached hydrogens (tertiary/aromatic N) is 2. The molecular formula is C34H41BrN4O4. The number of rotatable bonds is 5. The number of hydrogen-bond acceptors (Lipinski definition) is 6. The molecule has 9 heteroatoms. The van der Waals surface area contributed by atoms with Gasteiger partial charge in [0, 0.05) is 62.9 Å². The standard InChI is InChI=1S/C34H41BrN4O4/c1-9-19-21-13-26-34(7,8)16-24(38-26)29(35)30-28(31(40)41-11-3)20(10-2)22(39-30)14-25-33(5,6)15-18(36-25)12-23(37-21)27(19)32-42-17(4)43-32/h12-14,17,32,37,39H,9-11,15-16H2,1-8H3. The molecule has 0 radical (unpaired) electrons. The van der Waals surface area contributed by atoms with Crippen LogP contribution in [0.1, 0.15) is 112 Å². The highest BCUT2D eigenvalue weighted by molar-refractivity contribution is 9.10. The maximum absolute atomic E-state index is 13.4. The summed E-state index contributed by atoms with van der Waals surface area (Å²) in [5, 5.41) is 0. The van der Waals surface area contributed by atoms with E-state index in [0.29, 0.717) is 30.5 Å². The third-order valence-corrected chi connectivity index (χ3v) is 9.74. The van der Waals surface area contributed by atoms with Crippen molar-refractivity contribution in [2.24, 2.45) is 0 Å². The first-order valence-corrected chi connectivity index (χ1v) is 16.1. The van der Waals surface area contributed by atoms with Gasteiger partial charge in [-0.25, -0.2) is 4.79 Å². The first-order chi connectivity index (χ1) is 20.4. The molecule has 1 saturated heterocycles. The Balaban J connectivity index is 1.77. The van der Waals surface area contributed by atoms with Crippen molar-refractivity contribution >= 4 is 44.0 Å². The van der Waals surface area contributed by atoms with Crippen LogP contribution in [-0.4, -0.2) is 38.8 Å². The summed E-state index contributed by atoms with van der Waals surface area (Å²) in [4.78, 5) is 31.0. The van der Waals surface area contributed by atoms with Crippen molar-refractivity contribution in [3.05, 3.63) is 67.7 Å². The minimum Gasteiger partial charge on any atom is -0.462 e. The molecule has 0 aliphatic carbocycles. The van der Waals surface area contributed by atoms with Crippen molar-refractivity contribution < 1.29 is 19.0 Å². The molecule has 0 unspecified atom stereocenters. The fraction of sp³-hybridized carbons (Fsp3) is 0.500. The highest BCUT2D eigenvalue weighted by Crippen LogP contribution is 2.41. The number of ether oxygens (including phenoxy) is 3. The summed E-state index contributed by atoms with van der Waals surface area (Å²) in [5.74, 6) is -0.338. The van der Waals surface area contributed by atoms with Gasteiger partial charge in [-0.15, -0.1) is 0 Å². The fourth-order valence-corrected chi connectivity index (χ4v) is 7.13. The van der Waals surface area contributed by atoms with Crippen molar-refractivity contribution in [2.75, 3.05) is 6.61 Å². The third-order valence-electron chi connectivity index (χ3n) is 8.88. The zero-order chi connectivity index (χ0) is 30.8. The molecule has 0 spiro atoms. The summed E-state index contributed by atoms with van der Waals surface area (Å²) in [6.45, 7) is 17.1. The van der Waals surface area contributed by atoms with Crippen molar-refractivity contribution in [3.8, 4) is 0 Å². The molecule has 3 aromatic heterocycles. The number of aryl methyl sites for hydroxylation is 2. The van der Waals surface area contributed by atoms with Crippen LogP contribution >= 0.6 is 15.9 Å². The molecule has 3 aliphatic rings. The van der Waals surface area contributed by atoms with Gasteiger partial charge < -0.3 is 24.2 Å². The van der Waals surface area contributed by atoms with E-state index >= 15 is 0 Å². The van der Waals surface area contributed by atoms with Crippen LogP contribution in [0, 0.1) is 0 Å². The molecule has 8 nitrogen and oxygen atoms in total. The molecule has 6 rings (SSSR count). The Kier molecular flexibility index (Phi) is 7.58. The highest BCUT2D eigenvalue weighted by atomic mass is 79.9. The number of fused-ring (bicyclic) bond motifs is 8. The van der Waals surface area contributed by atoms with E-state index in [1.165, 1.54) is 0 Å². The minimum absolute atomic E-state index is 0.211. The van der Waals surface area contributed by atoms with E-state index < -0.39 is 6.29 Å². The molecule has 0 amide bonds. The van der Waals surface area contributed by atoms with Crippen LogP contribution in [0.3, 0.4) is 0 Å². The highest BCUT2D eigenvalue weighted by Gasteiger charge is 2.35. The lowest BCUT2D eigenvalue weighted by molar-refractivity contribution is -0.382. The zero-order valence-corrected chi connectivity index (χ0v) is 27.9. The number of H-pyrrole nitrogens is 2. The van der Waals surface area contributed by atoms with E-state index in [1.54, 1.807) is 0 Å². The maximum Gasteiger partial charge on any atom is 0.340 e. The van der Waals surface area contributed by atoms with Gasteiger partial charge in [-0.1, -0.05) is 41.5 Å². The Labute approximate surface area is 261 Å². The van der Waals surface area contributed by atoms with E-state index in [-0.39, 0.29) is 23.1 Å². The third kappa shape index (κ3) is 5.13. The van der Waals surface area contributed by atoms with Gasteiger partial charge in [-0.05, 0) is 71.9 Å². The summed E-state index contributed by atoms with van der Waals surface area (Å²) in [6, 6.07) is 6.41. The Bertz CT molecular complexity index is 1780. The summed E-state index contributed by atoms with van der Waals surface area (Å²) < 4.78 is 18.4. The smallest absolute Gasteiger partial charge is 0.340 e. The van der Waals surface area contributed by atoms with Crippen molar-refractivity contribution in [2.45, 2.75) is 104 Å². The average molecular weight is 650 g/mol. The van der Waals surface area contributed by atoms with Gasteiger partial charge in [0.15, 0.2) is 12.6 Å². The van der Waals surface area contributed by atoms with Crippen LogP contribution < -0.4 is 0 Å². The fourth-order valence-electron chi connectivity index (χ4n) is 6.60. The maximum atomic E-state index is 13.4. The quantitative estimate of drug-likeness (QED) is 0.274. The van der Waals surface area contributed by atoms with Crippen LogP contribution in [0.4, 0.5) is 0 Å². The molecule has 1 fully saturated rings. The number of esters is 1. The molecular weight excluding hydrogens is 608 g/mol. The second-order valence-corrected chi connectivity index (χ2v) is 13.8. The second-order valence-electron chi connectivity index (χ2n) is 13.0. The van der Waals surface area contributed by atoms with Crippen LogP contribution in [0.2, 0.25) is 0 Å². The Morgan fingerprint density at radius 2 is 1.56 bits per heavy atom. The van der Waals surface area contributed by atoms with Crippen LogP contribution in [0.15, 0.2) is 22.7 Å². The molecule has 2 N–H and O–H groups in total. The molecule has 0 aromatic carbocycles. The summed E-state index contributed by atoms with van der Waals surface area (Å²) >= 11 is 3.88. The van der Waals surface area contributed by atoms with Crippen LogP contribution in [0.5, 0.6) is 0 Å². The first kappa shape index (κ1) is 30.0. The Morgan fingerprint density at radius 1 is 0.930 bits per heavy atom. The van der Waals surface area contributed by atoms with Crippen molar-refractivity contribution in [1.82, 2.24) is 19.9 Å². The summed E-state index contributed by atoms with van der Waals surface area (Å²) in [6.07, 6.45) is 2.29. The van der Waals surface area contributed by atoms with Gasteiger partial charge in [-0.3, -0.25) is 9.97 Å².